The third kappa shape index (κ3) is 1.99. The molecule has 0 amide bonds. The number of carbonyl (C=O) groups is 1. The summed E-state index contributed by atoms with van der Waals surface area (Å²) in [5.74, 6) is -0.0883. The van der Waals surface area contributed by atoms with Crippen LogP contribution in [0.4, 0.5) is 0 Å². The molecule has 80 valence electrons. The largest absolute Gasteiger partial charge is 0.466 e. The highest BCUT2D eigenvalue weighted by Crippen LogP contribution is 2.50. The molecule has 0 saturated carbocycles. The molecule has 0 aromatic carbocycles. The highest BCUT2D eigenvalue weighted by molar-refractivity contribution is 5.71. The molecule has 1 rings (SSSR count). The summed E-state index contributed by atoms with van der Waals surface area (Å²) in [6.07, 6.45) is 5.86. The fourth-order valence-corrected chi connectivity index (χ4v) is 1.88. The van der Waals surface area contributed by atoms with E-state index in [1.807, 2.05) is 6.92 Å². The second-order valence-corrected chi connectivity index (χ2v) is 4.89. The van der Waals surface area contributed by atoms with E-state index in [2.05, 4.69) is 32.9 Å². The van der Waals surface area contributed by atoms with Gasteiger partial charge in [0.25, 0.3) is 0 Å². The van der Waals surface area contributed by atoms with Crippen LogP contribution in [0.15, 0.2) is 12.2 Å². The molecule has 1 atom stereocenters. The Kier molecular flexibility index (Phi) is 3.03. The summed E-state index contributed by atoms with van der Waals surface area (Å²) in [7, 11) is 0. The predicted octanol–water partition coefficient (Wildman–Crippen LogP) is 2.93. The maximum Gasteiger partial charge on any atom is 0.306 e. The molecule has 14 heavy (non-hydrogen) atoms. The lowest BCUT2D eigenvalue weighted by molar-refractivity contribution is -0.146. The van der Waals surface area contributed by atoms with Gasteiger partial charge in [0.05, 0.1) is 13.0 Å². The molecule has 0 radical (unpaired) electrons. The molecule has 0 aromatic rings. The molecule has 0 N–H and O–H groups in total. The average molecular weight is 196 g/mol. The Balaban J connectivity index is 2.66. The van der Waals surface area contributed by atoms with Gasteiger partial charge in [-0.1, -0.05) is 32.9 Å². The molecule has 0 fully saturated rings. The fraction of sp³-hybridized carbons (Fsp3) is 0.750. The maximum atomic E-state index is 11.4. The Labute approximate surface area is 86.3 Å². The van der Waals surface area contributed by atoms with Gasteiger partial charge in [-0.25, -0.2) is 0 Å². The summed E-state index contributed by atoms with van der Waals surface area (Å²) < 4.78 is 4.99. The Morgan fingerprint density at radius 3 is 2.50 bits per heavy atom. The van der Waals surface area contributed by atoms with Crippen LogP contribution in [0.3, 0.4) is 0 Å². The van der Waals surface area contributed by atoms with E-state index in [-0.39, 0.29) is 16.8 Å². The Morgan fingerprint density at radius 1 is 1.43 bits per heavy atom. The van der Waals surface area contributed by atoms with E-state index in [0.717, 1.165) is 6.42 Å². The lowest BCUT2D eigenvalue weighted by Crippen LogP contribution is -2.32. The van der Waals surface area contributed by atoms with Crippen LogP contribution in [0, 0.1) is 10.8 Å². The summed E-state index contributed by atoms with van der Waals surface area (Å²) in [5, 5.41) is 0. The van der Waals surface area contributed by atoms with Crippen LogP contribution in [0.25, 0.3) is 0 Å². The second kappa shape index (κ2) is 3.76. The first-order chi connectivity index (χ1) is 6.41. The fourth-order valence-electron chi connectivity index (χ4n) is 1.88. The quantitative estimate of drug-likeness (QED) is 0.512. The number of hydrogen-bond donors (Lipinski definition) is 0. The number of allylic oxidation sites excluding steroid dienone is 2. The van der Waals surface area contributed by atoms with Crippen molar-refractivity contribution in [2.75, 3.05) is 6.61 Å². The van der Waals surface area contributed by atoms with Gasteiger partial charge in [0.1, 0.15) is 0 Å². The van der Waals surface area contributed by atoms with Crippen molar-refractivity contribution in [3.63, 3.8) is 0 Å². The Bertz CT molecular complexity index is 253. The predicted molar refractivity (Wildman–Crippen MR) is 56.9 cm³/mol. The van der Waals surface area contributed by atoms with Crippen LogP contribution in [0.2, 0.25) is 0 Å². The van der Waals surface area contributed by atoms with Gasteiger partial charge in [-0.05, 0) is 18.8 Å². The molecule has 0 heterocycles. The van der Waals surface area contributed by atoms with Crippen LogP contribution in [0.5, 0.6) is 0 Å². The maximum absolute atomic E-state index is 11.4. The summed E-state index contributed by atoms with van der Waals surface area (Å²) in [6.45, 7) is 8.85. The molecule has 0 aliphatic heterocycles. The number of ether oxygens (including phenoxy) is 1. The highest BCUT2D eigenvalue weighted by Gasteiger charge is 2.43. The second-order valence-electron chi connectivity index (χ2n) is 4.89. The molecule has 1 aliphatic rings. The van der Waals surface area contributed by atoms with Crippen molar-refractivity contribution in [2.24, 2.45) is 10.8 Å². The highest BCUT2D eigenvalue weighted by atomic mass is 16.5. The number of rotatable bonds is 3. The summed E-state index contributed by atoms with van der Waals surface area (Å²) >= 11 is 0. The van der Waals surface area contributed by atoms with Gasteiger partial charge in [0.15, 0.2) is 0 Å². The number of esters is 1. The zero-order chi connectivity index (χ0) is 10.8. The summed E-state index contributed by atoms with van der Waals surface area (Å²) in [6, 6.07) is 0. The van der Waals surface area contributed by atoms with E-state index in [0.29, 0.717) is 13.0 Å². The zero-order valence-electron chi connectivity index (χ0n) is 9.59. The van der Waals surface area contributed by atoms with Gasteiger partial charge < -0.3 is 4.74 Å². The topological polar surface area (TPSA) is 26.3 Å². The van der Waals surface area contributed by atoms with Crippen molar-refractivity contribution in [1.29, 1.82) is 0 Å². The first-order valence-electron chi connectivity index (χ1n) is 5.24. The lowest BCUT2D eigenvalue weighted by Gasteiger charge is -2.37. The van der Waals surface area contributed by atoms with Gasteiger partial charge in [-0.15, -0.1) is 0 Å². The van der Waals surface area contributed by atoms with Crippen LogP contribution in [0.1, 0.15) is 40.5 Å². The normalized spacial score (nSPS) is 29.1. The Hall–Kier alpha value is -0.790. The molecule has 0 unspecified atom stereocenters. The van der Waals surface area contributed by atoms with Crippen LogP contribution in [-0.4, -0.2) is 12.6 Å². The van der Waals surface area contributed by atoms with Crippen LogP contribution >= 0.6 is 0 Å². The molecular formula is C12H20O2. The number of hydrogen-bond acceptors (Lipinski definition) is 2. The molecule has 0 saturated heterocycles. The van der Waals surface area contributed by atoms with Gasteiger partial charge >= 0.3 is 5.97 Å². The van der Waals surface area contributed by atoms with Crippen LogP contribution < -0.4 is 0 Å². The van der Waals surface area contributed by atoms with E-state index < -0.39 is 0 Å². The molecule has 1 aliphatic carbocycles. The minimum atomic E-state index is -0.0883. The summed E-state index contributed by atoms with van der Waals surface area (Å²) in [4.78, 5) is 11.4. The van der Waals surface area contributed by atoms with Gasteiger partial charge in [0, 0.05) is 5.41 Å². The van der Waals surface area contributed by atoms with E-state index in [9.17, 15) is 4.79 Å². The minimum Gasteiger partial charge on any atom is -0.466 e. The third-order valence-electron chi connectivity index (χ3n) is 3.48. The minimum absolute atomic E-state index is 0.0424. The first kappa shape index (κ1) is 11.3. The van der Waals surface area contributed by atoms with E-state index in [1.165, 1.54) is 0 Å². The zero-order valence-corrected chi connectivity index (χ0v) is 9.59. The van der Waals surface area contributed by atoms with Crippen molar-refractivity contribution >= 4 is 5.97 Å². The van der Waals surface area contributed by atoms with Crippen molar-refractivity contribution in [1.82, 2.24) is 0 Å². The molecular weight excluding hydrogens is 176 g/mol. The lowest BCUT2D eigenvalue weighted by atomic mass is 9.67. The molecule has 0 bridgehead atoms. The van der Waals surface area contributed by atoms with Gasteiger partial charge in [-0.3, -0.25) is 4.79 Å². The Morgan fingerprint density at radius 2 is 2.07 bits per heavy atom. The monoisotopic (exact) mass is 196 g/mol. The van der Waals surface area contributed by atoms with Crippen molar-refractivity contribution in [3.05, 3.63) is 12.2 Å². The van der Waals surface area contributed by atoms with Crippen LogP contribution in [-0.2, 0) is 9.53 Å². The number of carbonyl (C=O) groups excluding carboxylic acids is 1. The molecule has 2 heteroatoms. The standard InChI is InChI=1S/C12H20O2/c1-5-14-10(13)9-12(4)8-6-7-11(12,2)3/h6,8H,5,7,9H2,1-4H3/t12-/m1/s1. The van der Waals surface area contributed by atoms with Crippen molar-refractivity contribution < 1.29 is 9.53 Å². The van der Waals surface area contributed by atoms with Gasteiger partial charge in [-0.2, -0.15) is 0 Å². The molecule has 0 aromatic heterocycles. The van der Waals surface area contributed by atoms with E-state index >= 15 is 0 Å². The van der Waals surface area contributed by atoms with E-state index in [4.69, 9.17) is 4.74 Å². The third-order valence-corrected chi connectivity index (χ3v) is 3.48. The summed E-state index contributed by atoms with van der Waals surface area (Å²) in [5.41, 5.74) is 0.124. The average Bonchev–Trinajstić information content (AvgIpc) is 2.26. The molecule has 2 nitrogen and oxygen atoms in total. The molecule has 0 spiro atoms. The van der Waals surface area contributed by atoms with E-state index in [1.54, 1.807) is 0 Å². The smallest absolute Gasteiger partial charge is 0.306 e. The first-order valence-corrected chi connectivity index (χ1v) is 5.24. The van der Waals surface area contributed by atoms with Crippen molar-refractivity contribution in [2.45, 2.75) is 40.5 Å². The van der Waals surface area contributed by atoms with Gasteiger partial charge in [0.2, 0.25) is 0 Å². The SMILES string of the molecule is CCOC(=O)C[C@@]1(C)C=CCC1(C)C. The van der Waals surface area contributed by atoms with Crippen molar-refractivity contribution in [3.8, 4) is 0 Å².